The molecular weight excluding hydrogens is 316 g/mol. The minimum Gasteiger partial charge on any atom is -0.395 e. The third-order valence-corrected chi connectivity index (χ3v) is 3.64. The van der Waals surface area contributed by atoms with Crippen molar-refractivity contribution >= 4 is 23.0 Å². The molecule has 2 aromatic heterocycles. The minimum absolute atomic E-state index is 0.102. The molecule has 0 spiro atoms. The molecule has 3 aromatic rings. The first kappa shape index (κ1) is 16.7. The average Bonchev–Trinajstić information content (AvgIpc) is 2.66. The maximum absolute atomic E-state index is 12.4. The van der Waals surface area contributed by atoms with Crippen molar-refractivity contribution in [2.75, 3.05) is 13.2 Å². The van der Waals surface area contributed by atoms with E-state index in [1.165, 1.54) is 6.08 Å². The van der Waals surface area contributed by atoms with Crippen molar-refractivity contribution in [3.05, 3.63) is 72.3 Å². The van der Waals surface area contributed by atoms with Gasteiger partial charge in [-0.25, -0.2) is 4.98 Å². The fourth-order valence-electron chi connectivity index (χ4n) is 2.41. The number of hydrogen-bond acceptors (Lipinski definition) is 5. The molecule has 6 heteroatoms. The van der Waals surface area contributed by atoms with Gasteiger partial charge in [-0.1, -0.05) is 18.2 Å². The Bertz CT molecular complexity index is 881. The second-order valence-electron chi connectivity index (χ2n) is 5.46. The lowest BCUT2D eigenvalue weighted by Crippen LogP contribution is -2.31. The van der Waals surface area contributed by atoms with Crippen LogP contribution in [0.5, 0.6) is 0 Å². The molecule has 1 aromatic carbocycles. The van der Waals surface area contributed by atoms with Gasteiger partial charge in [0.2, 0.25) is 5.91 Å². The van der Waals surface area contributed by atoms with E-state index in [2.05, 4.69) is 15.0 Å². The van der Waals surface area contributed by atoms with E-state index >= 15 is 0 Å². The highest BCUT2D eigenvalue weighted by Gasteiger charge is 2.11. The first-order valence-corrected chi connectivity index (χ1v) is 7.95. The first-order valence-electron chi connectivity index (χ1n) is 7.95. The zero-order valence-electron chi connectivity index (χ0n) is 13.6. The smallest absolute Gasteiger partial charge is 0.247 e. The summed E-state index contributed by atoms with van der Waals surface area (Å²) in [6, 6.07) is 11.3. The van der Waals surface area contributed by atoms with Crippen LogP contribution in [-0.4, -0.2) is 44.0 Å². The molecule has 1 amide bonds. The molecule has 0 aliphatic heterocycles. The van der Waals surface area contributed by atoms with Gasteiger partial charge in [0.05, 0.1) is 29.5 Å². The largest absolute Gasteiger partial charge is 0.395 e. The van der Waals surface area contributed by atoms with Gasteiger partial charge >= 0.3 is 0 Å². The zero-order valence-corrected chi connectivity index (χ0v) is 13.6. The van der Waals surface area contributed by atoms with Crippen LogP contribution in [-0.2, 0) is 11.3 Å². The van der Waals surface area contributed by atoms with Gasteiger partial charge in [-0.15, -0.1) is 0 Å². The summed E-state index contributed by atoms with van der Waals surface area (Å²) in [5.41, 5.74) is 3.10. The minimum atomic E-state index is -0.201. The summed E-state index contributed by atoms with van der Waals surface area (Å²) in [6.45, 7) is 0.540. The molecule has 0 radical (unpaired) electrons. The van der Waals surface area contributed by atoms with E-state index in [-0.39, 0.29) is 19.1 Å². The van der Waals surface area contributed by atoms with Crippen molar-refractivity contribution in [1.82, 2.24) is 19.9 Å². The van der Waals surface area contributed by atoms with Crippen LogP contribution in [0.3, 0.4) is 0 Å². The molecule has 2 heterocycles. The Labute approximate surface area is 145 Å². The van der Waals surface area contributed by atoms with Crippen molar-refractivity contribution in [3.63, 3.8) is 0 Å². The van der Waals surface area contributed by atoms with E-state index in [1.54, 1.807) is 29.6 Å². The van der Waals surface area contributed by atoms with E-state index in [9.17, 15) is 9.90 Å². The summed E-state index contributed by atoms with van der Waals surface area (Å²) < 4.78 is 0. The maximum atomic E-state index is 12.4. The van der Waals surface area contributed by atoms with Gasteiger partial charge in [0, 0.05) is 31.6 Å². The Balaban J connectivity index is 1.73. The number of para-hydroxylation sites is 2. The van der Waals surface area contributed by atoms with Gasteiger partial charge < -0.3 is 10.0 Å². The molecule has 25 heavy (non-hydrogen) atoms. The molecule has 0 saturated carbocycles. The Morgan fingerprint density at radius 1 is 1.12 bits per heavy atom. The SMILES string of the molecule is O=C(/C=C/c1cnc2ccccc2n1)N(CCO)Cc1cccnc1. The standard InChI is InChI=1S/C19H18N4O2/c24-11-10-23(14-15-4-3-9-20-12-15)19(25)8-7-16-13-21-17-5-1-2-6-18(17)22-16/h1-9,12-13,24H,10-11,14H2/b8-7+. The summed E-state index contributed by atoms with van der Waals surface area (Å²) >= 11 is 0. The third kappa shape index (κ3) is 4.45. The van der Waals surface area contributed by atoms with Crippen molar-refractivity contribution < 1.29 is 9.90 Å². The zero-order chi connectivity index (χ0) is 17.5. The normalized spacial score (nSPS) is 11.1. The molecular formula is C19H18N4O2. The topological polar surface area (TPSA) is 79.2 Å². The molecule has 126 valence electrons. The van der Waals surface area contributed by atoms with Crippen LogP contribution in [0.1, 0.15) is 11.3 Å². The number of pyridine rings is 1. The monoisotopic (exact) mass is 334 g/mol. The number of hydrogen-bond donors (Lipinski definition) is 1. The number of fused-ring (bicyclic) bond motifs is 1. The van der Waals surface area contributed by atoms with Crippen LogP contribution in [0.25, 0.3) is 17.1 Å². The number of rotatable bonds is 6. The van der Waals surface area contributed by atoms with Crippen LogP contribution < -0.4 is 0 Å². The highest BCUT2D eigenvalue weighted by Crippen LogP contribution is 2.10. The number of benzene rings is 1. The lowest BCUT2D eigenvalue weighted by molar-refractivity contribution is -0.127. The lowest BCUT2D eigenvalue weighted by Gasteiger charge is -2.20. The van der Waals surface area contributed by atoms with Gasteiger partial charge in [0.25, 0.3) is 0 Å². The summed E-state index contributed by atoms with van der Waals surface area (Å²) in [5, 5.41) is 9.21. The number of aliphatic hydroxyl groups is 1. The maximum Gasteiger partial charge on any atom is 0.247 e. The number of aliphatic hydroxyl groups excluding tert-OH is 1. The lowest BCUT2D eigenvalue weighted by atomic mass is 10.2. The summed E-state index contributed by atoms with van der Waals surface area (Å²) in [6.07, 6.45) is 8.10. The van der Waals surface area contributed by atoms with Crippen LogP contribution in [0.2, 0.25) is 0 Å². The van der Waals surface area contributed by atoms with Gasteiger partial charge in [0.1, 0.15) is 0 Å². The van der Waals surface area contributed by atoms with Gasteiger partial charge in [-0.05, 0) is 29.8 Å². The van der Waals surface area contributed by atoms with E-state index in [1.807, 2.05) is 36.4 Å². The second kappa shape index (κ2) is 8.12. The first-order chi connectivity index (χ1) is 12.3. The van der Waals surface area contributed by atoms with Crippen LogP contribution >= 0.6 is 0 Å². The van der Waals surface area contributed by atoms with Crippen molar-refractivity contribution in [1.29, 1.82) is 0 Å². The molecule has 0 saturated heterocycles. The van der Waals surface area contributed by atoms with Gasteiger partial charge in [0.15, 0.2) is 0 Å². The average molecular weight is 334 g/mol. The summed E-state index contributed by atoms with van der Waals surface area (Å²) in [4.78, 5) is 26.8. The number of amides is 1. The number of nitrogens with zero attached hydrogens (tertiary/aromatic N) is 4. The molecule has 0 aliphatic carbocycles. The van der Waals surface area contributed by atoms with Gasteiger partial charge in [-0.2, -0.15) is 0 Å². The fraction of sp³-hybridized carbons (Fsp3) is 0.158. The molecule has 0 atom stereocenters. The van der Waals surface area contributed by atoms with Crippen molar-refractivity contribution in [3.8, 4) is 0 Å². The molecule has 3 rings (SSSR count). The summed E-state index contributed by atoms with van der Waals surface area (Å²) in [7, 11) is 0. The Morgan fingerprint density at radius 3 is 2.72 bits per heavy atom. The Morgan fingerprint density at radius 2 is 1.96 bits per heavy atom. The van der Waals surface area contributed by atoms with Crippen LogP contribution in [0.15, 0.2) is 61.1 Å². The predicted molar refractivity (Wildman–Crippen MR) is 95.3 cm³/mol. The van der Waals surface area contributed by atoms with Gasteiger partial charge in [-0.3, -0.25) is 14.8 Å². The quantitative estimate of drug-likeness (QED) is 0.698. The van der Waals surface area contributed by atoms with Crippen molar-refractivity contribution in [2.45, 2.75) is 6.54 Å². The highest BCUT2D eigenvalue weighted by atomic mass is 16.3. The molecule has 1 N–H and O–H groups in total. The summed E-state index contributed by atoms with van der Waals surface area (Å²) in [5.74, 6) is -0.201. The van der Waals surface area contributed by atoms with Crippen LogP contribution in [0, 0.1) is 0 Å². The molecule has 6 nitrogen and oxygen atoms in total. The van der Waals surface area contributed by atoms with E-state index in [4.69, 9.17) is 0 Å². The van der Waals surface area contributed by atoms with Crippen LogP contribution in [0.4, 0.5) is 0 Å². The number of aromatic nitrogens is 3. The predicted octanol–water partition coefficient (Wildman–Crippen LogP) is 2.06. The molecule has 0 unspecified atom stereocenters. The molecule has 0 bridgehead atoms. The fourth-order valence-corrected chi connectivity index (χ4v) is 2.41. The number of carbonyl (C=O) groups excluding carboxylic acids is 1. The highest BCUT2D eigenvalue weighted by molar-refractivity contribution is 5.91. The van der Waals surface area contributed by atoms with E-state index in [0.29, 0.717) is 12.2 Å². The Kier molecular flexibility index (Phi) is 5.43. The van der Waals surface area contributed by atoms with E-state index in [0.717, 1.165) is 16.6 Å². The second-order valence-corrected chi connectivity index (χ2v) is 5.46. The number of carbonyl (C=O) groups is 1. The third-order valence-electron chi connectivity index (χ3n) is 3.64. The van der Waals surface area contributed by atoms with Crippen molar-refractivity contribution in [2.24, 2.45) is 0 Å². The molecule has 0 aliphatic rings. The van der Waals surface area contributed by atoms with E-state index < -0.39 is 0 Å². The molecule has 0 fully saturated rings. The Hall–Kier alpha value is -3.12.